The summed E-state index contributed by atoms with van der Waals surface area (Å²) >= 11 is 0. The SMILES string of the molecule is CCOC(=O)C(CC)(CC)COC(c1ccccc1)(c1ccc(OC)cc1)c1ccc(OC)cc1. The number of carbonyl (C=O) groups excluding carboxylic acids is 1. The maximum absolute atomic E-state index is 13.1. The second-order valence-electron chi connectivity index (χ2n) is 8.50. The molecule has 0 aliphatic heterocycles. The van der Waals surface area contributed by atoms with Crippen molar-refractivity contribution in [3.05, 3.63) is 95.6 Å². The van der Waals surface area contributed by atoms with E-state index in [2.05, 4.69) is 12.1 Å². The van der Waals surface area contributed by atoms with Crippen LogP contribution in [0.3, 0.4) is 0 Å². The fourth-order valence-electron chi connectivity index (χ4n) is 4.41. The molecular weight excluding hydrogens is 440 g/mol. The molecule has 3 aromatic carbocycles. The fourth-order valence-corrected chi connectivity index (χ4v) is 4.41. The first kappa shape index (κ1) is 26.3. The van der Waals surface area contributed by atoms with Crippen molar-refractivity contribution < 1.29 is 23.7 Å². The molecular formula is C30H36O5. The molecule has 5 nitrogen and oxygen atoms in total. The Morgan fingerprint density at radius 1 is 0.686 bits per heavy atom. The van der Waals surface area contributed by atoms with E-state index in [0.29, 0.717) is 19.4 Å². The van der Waals surface area contributed by atoms with Gasteiger partial charge in [0.05, 0.1) is 32.8 Å². The summed E-state index contributed by atoms with van der Waals surface area (Å²) in [6.07, 6.45) is 1.22. The van der Waals surface area contributed by atoms with Gasteiger partial charge in [-0.05, 0) is 60.7 Å². The van der Waals surface area contributed by atoms with Gasteiger partial charge in [-0.15, -0.1) is 0 Å². The van der Waals surface area contributed by atoms with Crippen LogP contribution in [-0.4, -0.2) is 33.4 Å². The molecule has 0 unspecified atom stereocenters. The highest BCUT2D eigenvalue weighted by molar-refractivity contribution is 5.77. The Balaban J connectivity index is 2.23. The van der Waals surface area contributed by atoms with Crippen molar-refractivity contribution in [2.24, 2.45) is 5.41 Å². The first-order chi connectivity index (χ1) is 17.0. The second-order valence-corrected chi connectivity index (χ2v) is 8.50. The van der Waals surface area contributed by atoms with Crippen LogP contribution in [0, 0.1) is 5.41 Å². The van der Waals surface area contributed by atoms with Gasteiger partial charge in [-0.2, -0.15) is 0 Å². The highest BCUT2D eigenvalue weighted by Crippen LogP contribution is 2.43. The minimum Gasteiger partial charge on any atom is -0.497 e. The van der Waals surface area contributed by atoms with Gasteiger partial charge >= 0.3 is 5.97 Å². The van der Waals surface area contributed by atoms with E-state index in [-0.39, 0.29) is 12.6 Å². The van der Waals surface area contributed by atoms with Gasteiger partial charge in [0.1, 0.15) is 17.1 Å². The highest BCUT2D eigenvalue weighted by atomic mass is 16.5. The molecule has 0 radical (unpaired) electrons. The molecule has 186 valence electrons. The van der Waals surface area contributed by atoms with Crippen molar-refractivity contribution in [2.75, 3.05) is 27.4 Å². The first-order valence-corrected chi connectivity index (χ1v) is 12.1. The lowest BCUT2D eigenvalue weighted by Crippen LogP contribution is -2.42. The molecule has 0 atom stereocenters. The molecule has 0 saturated heterocycles. The standard InChI is InChI=1S/C30H36O5/c1-6-29(7-2,28(31)34-8-3)22-35-30(23-12-10-9-11-13-23,24-14-18-26(32-4)19-15-24)25-16-20-27(33-5)21-17-25/h9-21H,6-8,22H2,1-5H3. The largest absolute Gasteiger partial charge is 0.497 e. The van der Waals surface area contributed by atoms with Crippen LogP contribution in [0.4, 0.5) is 0 Å². The molecule has 0 saturated carbocycles. The van der Waals surface area contributed by atoms with E-state index >= 15 is 0 Å². The van der Waals surface area contributed by atoms with Crippen molar-refractivity contribution in [3.63, 3.8) is 0 Å². The molecule has 0 spiro atoms. The van der Waals surface area contributed by atoms with Crippen molar-refractivity contribution >= 4 is 5.97 Å². The fraction of sp³-hybridized carbons (Fsp3) is 0.367. The summed E-state index contributed by atoms with van der Waals surface area (Å²) in [5.74, 6) is 1.29. The molecule has 0 heterocycles. The van der Waals surface area contributed by atoms with Crippen LogP contribution in [0.5, 0.6) is 11.5 Å². The highest BCUT2D eigenvalue weighted by Gasteiger charge is 2.43. The van der Waals surface area contributed by atoms with E-state index < -0.39 is 11.0 Å². The van der Waals surface area contributed by atoms with E-state index in [1.165, 1.54) is 0 Å². The van der Waals surface area contributed by atoms with Crippen LogP contribution in [0.25, 0.3) is 0 Å². The Morgan fingerprint density at radius 3 is 1.54 bits per heavy atom. The number of methoxy groups -OCH3 is 2. The molecule has 3 aromatic rings. The molecule has 0 N–H and O–H groups in total. The third-order valence-electron chi connectivity index (χ3n) is 6.80. The van der Waals surface area contributed by atoms with Gasteiger partial charge in [0.2, 0.25) is 0 Å². The minimum absolute atomic E-state index is 0.200. The van der Waals surface area contributed by atoms with Gasteiger partial charge in [-0.25, -0.2) is 0 Å². The lowest BCUT2D eigenvalue weighted by atomic mass is 9.78. The van der Waals surface area contributed by atoms with Crippen LogP contribution in [-0.2, 0) is 19.9 Å². The van der Waals surface area contributed by atoms with Crippen LogP contribution < -0.4 is 9.47 Å². The third-order valence-corrected chi connectivity index (χ3v) is 6.80. The van der Waals surface area contributed by atoms with Gasteiger partial charge in [-0.1, -0.05) is 68.4 Å². The predicted molar refractivity (Wildman–Crippen MR) is 138 cm³/mol. The van der Waals surface area contributed by atoms with E-state index in [1.54, 1.807) is 14.2 Å². The Kier molecular flexibility index (Phi) is 8.94. The van der Waals surface area contributed by atoms with Gasteiger partial charge < -0.3 is 18.9 Å². The number of carbonyl (C=O) groups is 1. The number of benzene rings is 3. The molecule has 35 heavy (non-hydrogen) atoms. The van der Waals surface area contributed by atoms with Crippen molar-refractivity contribution in [1.82, 2.24) is 0 Å². The predicted octanol–water partition coefficient (Wildman–Crippen LogP) is 6.38. The molecule has 0 aromatic heterocycles. The molecule has 0 bridgehead atoms. The second kappa shape index (κ2) is 11.9. The molecule has 0 amide bonds. The van der Waals surface area contributed by atoms with Crippen LogP contribution >= 0.6 is 0 Å². The summed E-state index contributed by atoms with van der Waals surface area (Å²) in [6, 6.07) is 25.9. The summed E-state index contributed by atoms with van der Waals surface area (Å²) in [5.41, 5.74) is 1.09. The van der Waals surface area contributed by atoms with Gasteiger partial charge in [0.25, 0.3) is 0 Å². The lowest BCUT2D eigenvalue weighted by molar-refractivity contribution is -0.163. The Labute approximate surface area is 209 Å². The number of rotatable bonds is 12. The molecule has 3 rings (SSSR count). The number of ether oxygens (including phenoxy) is 4. The van der Waals surface area contributed by atoms with Gasteiger partial charge in [0, 0.05) is 0 Å². The zero-order valence-electron chi connectivity index (χ0n) is 21.4. The van der Waals surface area contributed by atoms with Crippen molar-refractivity contribution in [1.29, 1.82) is 0 Å². The monoisotopic (exact) mass is 476 g/mol. The Hall–Kier alpha value is -3.31. The third kappa shape index (κ3) is 5.35. The molecule has 0 fully saturated rings. The van der Waals surface area contributed by atoms with Crippen molar-refractivity contribution in [2.45, 2.75) is 39.2 Å². The zero-order chi connectivity index (χ0) is 25.3. The lowest BCUT2D eigenvalue weighted by Gasteiger charge is -2.39. The molecule has 0 aliphatic rings. The Bertz CT molecular complexity index is 1010. The molecule has 5 heteroatoms. The topological polar surface area (TPSA) is 54.0 Å². The maximum Gasteiger partial charge on any atom is 0.314 e. The maximum atomic E-state index is 13.1. The summed E-state index contributed by atoms with van der Waals surface area (Å²) in [5, 5.41) is 0. The van der Waals surface area contributed by atoms with E-state index in [0.717, 1.165) is 28.2 Å². The number of esters is 1. The minimum atomic E-state index is -0.970. The van der Waals surface area contributed by atoms with Crippen LogP contribution in [0.2, 0.25) is 0 Å². The summed E-state index contributed by atoms with van der Waals surface area (Å²) in [7, 11) is 3.30. The van der Waals surface area contributed by atoms with Gasteiger partial charge in [0.15, 0.2) is 0 Å². The summed E-state index contributed by atoms with van der Waals surface area (Å²) in [6.45, 7) is 6.38. The Morgan fingerprint density at radius 2 is 1.14 bits per heavy atom. The zero-order valence-corrected chi connectivity index (χ0v) is 21.4. The van der Waals surface area contributed by atoms with Crippen molar-refractivity contribution in [3.8, 4) is 11.5 Å². The average Bonchev–Trinajstić information content (AvgIpc) is 2.92. The van der Waals surface area contributed by atoms with Gasteiger partial charge in [-0.3, -0.25) is 4.79 Å². The summed E-state index contributed by atoms with van der Waals surface area (Å²) in [4.78, 5) is 13.1. The normalized spacial score (nSPS) is 11.7. The summed E-state index contributed by atoms with van der Waals surface area (Å²) < 4.78 is 23.3. The quantitative estimate of drug-likeness (QED) is 0.224. The molecule has 0 aliphatic carbocycles. The van der Waals surface area contributed by atoms with E-state index in [1.807, 2.05) is 87.5 Å². The smallest absolute Gasteiger partial charge is 0.314 e. The van der Waals surface area contributed by atoms with Crippen LogP contribution in [0.15, 0.2) is 78.9 Å². The van der Waals surface area contributed by atoms with Crippen LogP contribution in [0.1, 0.15) is 50.3 Å². The van der Waals surface area contributed by atoms with E-state index in [9.17, 15) is 4.79 Å². The van der Waals surface area contributed by atoms with E-state index in [4.69, 9.17) is 18.9 Å². The average molecular weight is 477 g/mol. The number of hydrogen-bond acceptors (Lipinski definition) is 5. The number of hydrogen-bond donors (Lipinski definition) is 0. The first-order valence-electron chi connectivity index (χ1n) is 12.1.